The van der Waals surface area contributed by atoms with Gasteiger partial charge in [-0.05, 0) is 54.4 Å². The van der Waals surface area contributed by atoms with Crippen LogP contribution in [0.3, 0.4) is 0 Å². The average molecular weight is 494 g/mol. The maximum atomic E-state index is 6.54. The second kappa shape index (κ2) is 8.95. The molecule has 32 heavy (non-hydrogen) atoms. The van der Waals surface area contributed by atoms with Gasteiger partial charge in [-0.1, -0.05) is 54.8 Å². The standard InChI is InChI=1S/C24H29Cl2N3O2S/c1-23(2)17-4-3-16(21(23)9-17)7-8-32-12-19-11-30-24(31-19,13-29-15-27-14-28-29)20-6-5-18(25)10-22(20)26/h3,5-6,10,14-15,17,19,21H,4,7-9,11-13H2,1-2H3/t17-,19+,21-,24+/m0/s1. The van der Waals surface area contributed by atoms with Crippen molar-refractivity contribution in [2.45, 2.75) is 51.5 Å². The second-order valence-electron chi connectivity index (χ2n) is 9.67. The van der Waals surface area contributed by atoms with Gasteiger partial charge in [0.25, 0.3) is 0 Å². The summed E-state index contributed by atoms with van der Waals surface area (Å²) in [6.45, 7) is 5.76. The number of nitrogens with zero attached hydrogens (tertiary/aromatic N) is 3. The Labute approximate surface area is 203 Å². The summed E-state index contributed by atoms with van der Waals surface area (Å²) in [6.07, 6.45) is 9.47. The lowest BCUT2D eigenvalue weighted by Gasteiger charge is -2.56. The van der Waals surface area contributed by atoms with Crippen LogP contribution in [-0.4, -0.2) is 39.0 Å². The number of hydrogen-bond acceptors (Lipinski definition) is 5. The van der Waals surface area contributed by atoms with E-state index in [-0.39, 0.29) is 6.10 Å². The summed E-state index contributed by atoms with van der Waals surface area (Å²) in [4.78, 5) is 4.05. The molecule has 1 aromatic heterocycles. The summed E-state index contributed by atoms with van der Waals surface area (Å²) in [5, 5.41) is 5.34. The Morgan fingerprint density at radius 3 is 2.88 bits per heavy atom. The van der Waals surface area contributed by atoms with Crippen molar-refractivity contribution in [2.75, 3.05) is 18.1 Å². The van der Waals surface area contributed by atoms with Gasteiger partial charge in [0.2, 0.25) is 5.79 Å². The third-order valence-electron chi connectivity index (χ3n) is 7.46. The Morgan fingerprint density at radius 2 is 2.16 bits per heavy atom. The summed E-state index contributed by atoms with van der Waals surface area (Å²) in [7, 11) is 0. The minimum atomic E-state index is -1.00. The molecular weight excluding hydrogens is 465 g/mol. The van der Waals surface area contributed by atoms with E-state index in [1.807, 2.05) is 23.9 Å². The number of hydrogen-bond donors (Lipinski definition) is 0. The first kappa shape index (κ1) is 22.7. The average Bonchev–Trinajstić information content (AvgIpc) is 3.42. The molecule has 0 unspecified atom stereocenters. The molecule has 0 N–H and O–H groups in total. The second-order valence-corrected chi connectivity index (χ2v) is 11.7. The van der Waals surface area contributed by atoms with Crippen molar-refractivity contribution in [2.24, 2.45) is 17.3 Å². The highest BCUT2D eigenvalue weighted by molar-refractivity contribution is 7.99. The molecular formula is C24H29Cl2N3O2S. The minimum absolute atomic E-state index is 0.0138. The molecule has 1 saturated heterocycles. The van der Waals surface area contributed by atoms with Gasteiger partial charge in [-0.2, -0.15) is 16.9 Å². The lowest BCUT2D eigenvalue weighted by Crippen LogP contribution is -2.48. The molecule has 2 bridgehead atoms. The number of ether oxygens (including phenoxy) is 2. The van der Waals surface area contributed by atoms with Gasteiger partial charge in [-0.15, -0.1) is 0 Å². The lowest BCUT2D eigenvalue weighted by molar-refractivity contribution is -0.186. The molecule has 2 aromatic rings. The van der Waals surface area contributed by atoms with Gasteiger partial charge in [0, 0.05) is 16.3 Å². The highest BCUT2D eigenvalue weighted by Crippen LogP contribution is 2.59. The third kappa shape index (κ3) is 4.25. The predicted molar refractivity (Wildman–Crippen MR) is 129 cm³/mol. The monoisotopic (exact) mass is 493 g/mol. The van der Waals surface area contributed by atoms with E-state index in [2.05, 4.69) is 30.0 Å². The number of allylic oxidation sites excluding steroid dienone is 2. The third-order valence-corrected chi connectivity index (χ3v) is 9.11. The molecule has 2 heterocycles. The molecule has 4 atom stereocenters. The Bertz CT molecular complexity index is 997. The number of thioether (sulfide) groups is 1. The van der Waals surface area contributed by atoms with Gasteiger partial charge in [0.05, 0.1) is 17.7 Å². The van der Waals surface area contributed by atoms with E-state index in [4.69, 9.17) is 32.7 Å². The summed E-state index contributed by atoms with van der Waals surface area (Å²) < 4.78 is 14.5. The Kier molecular flexibility index (Phi) is 6.36. The summed E-state index contributed by atoms with van der Waals surface area (Å²) >= 11 is 14.6. The molecule has 0 radical (unpaired) electrons. The van der Waals surface area contributed by atoms with E-state index in [1.165, 1.54) is 25.6 Å². The van der Waals surface area contributed by atoms with E-state index in [9.17, 15) is 0 Å². The molecule has 1 saturated carbocycles. The SMILES string of the molecule is CC1(C)[C@H]2CC=C(CCSC[C@H]3CO[C@@](Cn4cncn4)(c4ccc(Cl)cc4Cl)O3)[C@@H]1C2. The quantitative estimate of drug-likeness (QED) is 0.334. The summed E-state index contributed by atoms with van der Waals surface area (Å²) in [6, 6.07) is 5.41. The molecule has 6 rings (SSSR count). The fourth-order valence-electron chi connectivity index (χ4n) is 5.44. The molecule has 4 aliphatic rings. The molecule has 5 nitrogen and oxygen atoms in total. The van der Waals surface area contributed by atoms with Crippen LogP contribution in [0.1, 0.15) is 38.7 Å². The highest BCUT2D eigenvalue weighted by atomic mass is 35.5. The van der Waals surface area contributed by atoms with Crippen LogP contribution in [0.25, 0.3) is 0 Å². The number of rotatable bonds is 8. The molecule has 8 heteroatoms. The van der Waals surface area contributed by atoms with Crippen LogP contribution in [0.2, 0.25) is 10.0 Å². The van der Waals surface area contributed by atoms with Crippen LogP contribution in [0, 0.1) is 17.3 Å². The number of benzene rings is 1. The van der Waals surface area contributed by atoms with Crippen molar-refractivity contribution in [3.63, 3.8) is 0 Å². The first-order valence-corrected chi connectivity index (χ1v) is 13.1. The molecule has 172 valence electrons. The smallest absolute Gasteiger partial charge is 0.217 e. The molecule has 2 fully saturated rings. The largest absolute Gasteiger partial charge is 0.342 e. The van der Waals surface area contributed by atoms with Crippen molar-refractivity contribution >= 4 is 35.0 Å². The van der Waals surface area contributed by atoms with E-state index in [0.29, 0.717) is 28.6 Å². The van der Waals surface area contributed by atoms with Gasteiger partial charge in [-0.3, -0.25) is 0 Å². The van der Waals surface area contributed by atoms with Gasteiger partial charge in [-0.25, -0.2) is 9.67 Å². The van der Waals surface area contributed by atoms with Crippen molar-refractivity contribution in [1.29, 1.82) is 0 Å². The van der Waals surface area contributed by atoms with Crippen molar-refractivity contribution in [3.8, 4) is 0 Å². The predicted octanol–water partition coefficient (Wildman–Crippen LogP) is 5.97. The van der Waals surface area contributed by atoms with Gasteiger partial charge in [0.15, 0.2) is 0 Å². The van der Waals surface area contributed by atoms with Crippen LogP contribution < -0.4 is 0 Å². The number of halogens is 2. The first-order valence-electron chi connectivity index (χ1n) is 11.2. The number of fused-ring (bicyclic) bond motifs is 1. The molecule has 0 amide bonds. The maximum absolute atomic E-state index is 6.54. The van der Waals surface area contributed by atoms with E-state index >= 15 is 0 Å². The normalized spacial score (nSPS) is 30.8. The fourth-order valence-corrected chi connectivity index (χ4v) is 6.97. The first-order chi connectivity index (χ1) is 15.4. The highest BCUT2D eigenvalue weighted by Gasteiger charge is 2.50. The zero-order valence-corrected chi connectivity index (χ0v) is 20.8. The maximum Gasteiger partial charge on any atom is 0.217 e. The zero-order chi connectivity index (χ0) is 22.3. The molecule has 3 aliphatic carbocycles. The lowest BCUT2D eigenvalue weighted by atomic mass is 9.48. The van der Waals surface area contributed by atoms with Crippen LogP contribution in [0.15, 0.2) is 42.5 Å². The Hall–Kier alpha value is -1.05. The van der Waals surface area contributed by atoms with Crippen LogP contribution in [0.5, 0.6) is 0 Å². The van der Waals surface area contributed by atoms with Gasteiger partial charge >= 0.3 is 0 Å². The molecule has 1 aliphatic heterocycles. The summed E-state index contributed by atoms with van der Waals surface area (Å²) in [5.41, 5.74) is 2.93. The van der Waals surface area contributed by atoms with E-state index in [1.54, 1.807) is 22.6 Å². The van der Waals surface area contributed by atoms with Crippen LogP contribution in [-0.2, 0) is 21.8 Å². The molecule has 1 aromatic carbocycles. The minimum Gasteiger partial charge on any atom is -0.342 e. The van der Waals surface area contributed by atoms with Gasteiger partial charge in [0.1, 0.15) is 19.2 Å². The number of aromatic nitrogens is 3. The van der Waals surface area contributed by atoms with Crippen molar-refractivity contribution in [1.82, 2.24) is 14.8 Å². The van der Waals surface area contributed by atoms with Crippen LogP contribution >= 0.6 is 35.0 Å². The Balaban J connectivity index is 1.21. The topological polar surface area (TPSA) is 49.2 Å². The fraction of sp³-hybridized carbons (Fsp3) is 0.583. The van der Waals surface area contributed by atoms with Crippen molar-refractivity contribution in [3.05, 3.63) is 58.1 Å². The van der Waals surface area contributed by atoms with Crippen molar-refractivity contribution < 1.29 is 9.47 Å². The van der Waals surface area contributed by atoms with E-state index in [0.717, 1.165) is 28.9 Å². The van der Waals surface area contributed by atoms with Crippen LogP contribution in [0.4, 0.5) is 0 Å². The summed E-state index contributed by atoms with van der Waals surface area (Å²) in [5.74, 6) is 2.67. The molecule has 0 spiro atoms. The Morgan fingerprint density at radius 1 is 1.28 bits per heavy atom. The van der Waals surface area contributed by atoms with Gasteiger partial charge < -0.3 is 9.47 Å². The zero-order valence-electron chi connectivity index (χ0n) is 18.5. The van der Waals surface area contributed by atoms with E-state index < -0.39 is 5.79 Å².